The van der Waals surface area contributed by atoms with Crippen LogP contribution >= 0.6 is 0 Å². The predicted octanol–water partition coefficient (Wildman–Crippen LogP) is 5.04. The maximum Gasteiger partial charge on any atom is 0.158 e. The molecule has 4 rings (SSSR count). The summed E-state index contributed by atoms with van der Waals surface area (Å²) in [7, 11) is 1.96. The number of nitrogens with one attached hydrogen (secondary N) is 1. The summed E-state index contributed by atoms with van der Waals surface area (Å²) in [5.74, 6) is 2.30. The molecular weight excluding hydrogens is 388 g/mol. The van der Waals surface area contributed by atoms with Crippen LogP contribution in [-0.2, 0) is 7.05 Å². The average molecular weight is 415 g/mol. The molecule has 0 aliphatic rings. The van der Waals surface area contributed by atoms with Gasteiger partial charge in [-0.1, -0.05) is 5.57 Å². The van der Waals surface area contributed by atoms with Gasteiger partial charge in [0.1, 0.15) is 28.8 Å². The first-order valence-electron chi connectivity index (χ1n) is 10.1. The van der Waals surface area contributed by atoms with Crippen LogP contribution in [0.15, 0.2) is 71.9 Å². The lowest BCUT2D eigenvalue weighted by atomic mass is 10.2. The summed E-state index contributed by atoms with van der Waals surface area (Å²) in [5, 5.41) is 7.65. The summed E-state index contributed by atoms with van der Waals surface area (Å²) < 4.78 is 9.92. The van der Waals surface area contributed by atoms with Crippen molar-refractivity contribution in [2.45, 2.75) is 27.7 Å². The summed E-state index contributed by atoms with van der Waals surface area (Å²) >= 11 is 0. The van der Waals surface area contributed by atoms with E-state index < -0.39 is 0 Å². The van der Waals surface area contributed by atoms with Crippen LogP contribution in [0.1, 0.15) is 25.0 Å². The van der Waals surface area contributed by atoms with Gasteiger partial charge in [0, 0.05) is 37.4 Å². The van der Waals surface area contributed by atoms with Crippen LogP contribution < -0.4 is 15.5 Å². The molecule has 1 N–H and O–H groups in total. The number of nitrogens with zero attached hydrogens (tertiary/aromatic N) is 5. The van der Waals surface area contributed by atoms with Gasteiger partial charge in [-0.05, 0) is 69.2 Å². The average Bonchev–Trinajstić information content (AvgIpc) is 3.12. The van der Waals surface area contributed by atoms with E-state index in [0.717, 1.165) is 50.7 Å². The number of fused-ring (bicyclic) bond motifs is 1. The zero-order valence-electron chi connectivity index (χ0n) is 18.4. The van der Waals surface area contributed by atoms with Gasteiger partial charge in [0.25, 0.3) is 0 Å². The number of ether oxygens (including phenoxy) is 1. The molecule has 0 saturated carbocycles. The molecule has 0 atom stereocenters. The van der Waals surface area contributed by atoms with Gasteiger partial charge in [-0.2, -0.15) is 5.10 Å². The standard InChI is InChI=1S/C24H26N6O/c1-16(2)14-25-22-13-20(9-10-29(22)5)31-21-7-6-19(12-18(21)4)28-24-23-17(3)8-11-30(23)27-15-26-24/h6-15H,1-5H3,(H,26,27,28). The molecule has 0 bridgehead atoms. The van der Waals surface area contributed by atoms with Crippen LogP contribution in [0.5, 0.6) is 11.5 Å². The highest BCUT2D eigenvalue weighted by Crippen LogP contribution is 2.29. The van der Waals surface area contributed by atoms with Gasteiger partial charge in [0.05, 0.1) is 0 Å². The highest BCUT2D eigenvalue weighted by Gasteiger charge is 2.09. The first kappa shape index (κ1) is 20.4. The first-order chi connectivity index (χ1) is 14.9. The molecule has 0 amide bonds. The van der Waals surface area contributed by atoms with Crippen molar-refractivity contribution in [2.75, 3.05) is 5.32 Å². The molecule has 7 nitrogen and oxygen atoms in total. The number of anilines is 2. The molecule has 31 heavy (non-hydrogen) atoms. The van der Waals surface area contributed by atoms with Gasteiger partial charge in [0.2, 0.25) is 0 Å². The van der Waals surface area contributed by atoms with Crippen molar-refractivity contribution in [2.24, 2.45) is 12.0 Å². The van der Waals surface area contributed by atoms with E-state index in [2.05, 4.69) is 20.4 Å². The molecule has 4 aromatic rings. The van der Waals surface area contributed by atoms with Crippen molar-refractivity contribution in [3.63, 3.8) is 0 Å². The van der Waals surface area contributed by atoms with E-state index >= 15 is 0 Å². The second kappa shape index (κ2) is 8.47. The Balaban J connectivity index is 1.58. The Hall–Kier alpha value is -3.87. The first-order valence-corrected chi connectivity index (χ1v) is 10.1. The number of aromatic nitrogens is 4. The van der Waals surface area contributed by atoms with E-state index in [0.29, 0.717) is 0 Å². The minimum atomic E-state index is 0.740. The zero-order chi connectivity index (χ0) is 22.0. The van der Waals surface area contributed by atoms with Gasteiger partial charge in [-0.25, -0.2) is 14.5 Å². The van der Waals surface area contributed by atoms with Gasteiger partial charge >= 0.3 is 0 Å². The van der Waals surface area contributed by atoms with Crippen molar-refractivity contribution in [1.82, 2.24) is 19.2 Å². The summed E-state index contributed by atoms with van der Waals surface area (Å²) in [6, 6.07) is 11.9. The highest BCUT2D eigenvalue weighted by molar-refractivity contribution is 5.76. The molecule has 3 aromatic heterocycles. The topological polar surface area (TPSA) is 68.7 Å². The lowest BCUT2D eigenvalue weighted by Gasteiger charge is -2.13. The van der Waals surface area contributed by atoms with Crippen molar-refractivity contribution >= 4 is 17.0 Å². The molecule has 0 aliphatic heterocycles. The van der Waals surface area contributed by atoms with Crippen LogP contribution in [-0.4, -0.2) is 19.2 Å². The summed E-state index contributed by atoms with van der Waals surface area (Å²) in [5.41, 5.74) is 5.99. The molecule has 1 aromatic carbocycles. The number of allylic oxidation sites excluding steroid dienone is 1. The second-order valence-electron chi connectivity index (χ2n) is 7.78. The van der Waals surface area contributed by atoms with Crippen LogP contribution in [0.4, 0.5) is 11.5 Å². The SMILES string of the molecule is CC(C)=CN=c1cc(Oc2ccc(Nc3ncnn4ccc(C)c34)cc2C)ccn1C. The molecule has 0 saturated heterocycles. The molecule has 0 fully saturated rings. The van der Waals surface area contributed by atoms with Crippen molar-refractivity contribution < 1.29 is 4.74 Å². The smallest absolute Gasteiger partial charge is 0.158 e. The van der Waals surface area contributed by atoms with Crippen LogP contribution in [0, 0.1) is 13.8 Å². The van der Waals surface area contributed by atoms with E-state index in [1.165, 1.54) is 0 Å². The number of aryl methyl sites for hydroxylation is 3. The molecule has 0 radical (unpaired) electrons. The van der Waals surface area contributed by atoms with Crippen LogP contribution in [0.3, 0.4) is 0 Å². The Morgan fingerprint density at radius 1 is 1.06 bits per heavy atom. The molecular formula is C24H26N6O. The van der Waals surface area contributed by atoms with E-state index in [-0.39, 0.29) is 0 Å². The molecule has 0 aliphatic carbocycles. The van der Waals surface area contributed by atoms with Crippen molar-refractivity contribution in [1.29, 1.82) is 0 Å². The fourth-order valence-corrected chi connectivity index (χ4v) is 3.23. The largest absolute Gasteiger partial charge is 0.457 e. The number of benzene rings is 1. The number of hydrogen-bond acceptors (Lipinski definition) is 5. The van der Waals surface area contributed by atoms with E-state index in [1.807, 2.05) is 98.8 Å². The Morgan fingerprint density at radius 3 is 2.68 bits per heavy atom. The van der Waals surface area contributed by atoms with Gasteiger partial charge < -0.3 is 14.6 Å². The van der Waals surface area contributed by atoms with Gasteiger partial charge in [-0.15, -0.1) is 0 Å². The lowest BCUT2D eigenvalue weighted by molar-refractivity contribution is 0.475. The minimum Gasteiger partial charge on any atom is -0.457 e. The minimum absolute atomic E-state index is 0.740. The predicted molar refractivity (Wildman–Crippen MR) is 123 cm³/mol. The molecule has 3 heterocycles. The fourth-order valence-electron chi connectivity index (χ4n) is 3.23. The molecule has 0 spiro atoms. The van der Waals surface area contributed by atoms with Crippen molar-refractivity contribution in [3.05, 3.63) is 83.5 Å². The lowest BCUT2D eigenvalue weighted by Crippen LogP contribution is -2.16. The van der Waals surface area contributed by atoms with Gasteiger partial charge in [0.15, 0.2) is 5.82 Å². The number of rotatable bonds is 5. The third-order valence-corrected chi connectivity index (χ3v) is 4.87. The summed E-state index contributed by atoms with van der Waals surface area (Å²) in [6.07, 6.45) is 7.27. The van der Waals surface area contributed by atoms with E-state index in [1.54, 1.807) is 6.33 Å². The zero-order valence-corrected chi connectivity index (χ0v) is 18.4. The second-order valence-corrected chi connectivity index (χ2v) is 7.78. The molecule has 0 unspecified atom stereocenters. The van der Waals surface area contributed by atoms with Crippen LogP contribution in [0.2, 0.25) is 0 Å². The normalized spacial score (nSPS) is 11.6. The Labute approximate surface area is 181 Å². The third-order valence-electron chi connectivity index (χ3n) is 4.87. The van der Waals surface area contributed by atoms with E-state index in [9.17, 15) is 0 Å². The van der Waals surface area contributed by atoms with Crippen molar-refractivity contribution in [3.8, 4) is 11.5 Å². The summed E-state index contributed by atoms with van der Waals surface area (Å²) in [6.45, 7) is 8.11. The Bertz CT molecular complexity index is 1340. The molecule has 7 heteroatoms. The Kier molecular flexibility index (Phi) is 5.58. The van der Waals surface area contributed by atoms with Gasteiger partial charge in [-0.3, -0.25) is 0 Å². The maximum atomic E-state index is 6.14. The maximum absolute atomic E-state index is 6.14. The van der Waals surface area contributed by atoms with E-state index in [4.69, 9.17) is 4.74 Å². The summed E-state index contributed by atoms with van der Waals surface area (Å²) in [4.78, 5) is 8.93. The Morgan fingerprint density at radius 2 is 1.90 bits per heavy atom. The fraction of sp³-hybridized carbons (Fsp3) is 0.208. The monoisotopic (exact) mass is 414 g/mol. The third kappa shape index (κ3) is 4.50. The quantitative estimate of drug-likeness (QED) is 0.496. The molecule has 158 valence electrons. The number of pyridine rings is 1. The number of hydrogen-bond donors (Lipinski definition) is 1. The van der Waals surface area contributed by atoms with Crippen LogP contribution in [0.25, 0.3) is 5.52 Å². The highest BCUT2D eigenvalue weighted by atomic mass is 16.5.